The van der Waals surface area contributed by atoms with E-state index in [1.807, 2.05) is 32.3 Å². The molecule has 0 radical (unpaired) electrons. The molecule has 5 aliphatic rings. The first kappa shape index (κ1) is 60.7. The SMILES string of the molecule is C=C(c1ncc(C(C)C)cn1)N(C)C(=N)C(O)C12CCC3C(CCC4C5(C)CCCCC5CCC34C)C1=C(C(C)C)C(=O)C2.CC.CC(=O)CC(C)(C)C=O.CCC.CO.Cc1ncc(C#N)cn1. The molecule has 69 heavy (non-hydrogen) atoms. The molecule has 7 rings (SSSR count). The molecule has 2 aromatic rings. The van der Waals surface area contributed by atoms with Crippen molar-refractivity contribution in [2.45, 2.75) is 192 Å². The molecule has 0 aromatic carbocycles. The van der Waals surface area contributed by atoms with E-state index in [4.69, 9.17) is 10.4 Å². The second-order valence-electron chi connectivity index (χ2n) is 21.7. The third kappa shape index (κ3) is 13.9. The molecular formula is C57H91N7O5. The number of nitrogens with zero attached hydrogens (tertiary/aromatic N) is 6. The Bertz CT molecular complexity index is 2090. The minimum atomic E-state index is -1.09. The van der Waals surface area contributed by atoms with Gasteiger partial charge in [0.1, 0.15) is 35.9 Å². The van der Waals surface area contributed by atoms with Crippen molar-refractivity contribution in [3.8, 4) is 6.07 Å². The summed E-state index contributed by atoms with van der Waals surface area (Å²) in [5.74, 6) is 4.34. The van der Waals surface area contributed by atoms with Crippen molar-refractivity contribution in [1.82, 2.24) is 24.8 Å². The van der Waals surface area contributed by atoms with Crippen molar-refractivity contribution in [3.63, 3.8) is 0 Å². The highest BCUT2D eigenvalue weighted by molar-refractivity contribution is 6.02. The van der Waals surface area contributed by atoms with Gasteiger partial charge in [-0.05, 0) is 123 Å². The summed E-state index contributed by atoms with van der Waals surface area (Å²) in [7, 11) is 2.77. The van der Waals surface area contributed by atoms with E-state index in [1.54, 1.807) is 32.7 Å². The number of nitrogens with one attached hydrogen (secondary N) is 1. The summed E-state index contributed by atoms with van der Waals surface area (Å²) in [5.41, 5.74) is 3.72. The zero-order chi connectivity index (χ0) is 52.7. The first-order valence-corrected chi connectivity index (χ1v) is 25.9. The van der Waals surface area contributed by atoms with Crippen LogP contribution in [0.2, 0.25) is 0 Å². The molecule has 0 aliphatic heterocycles. The molecule has 3 N–H and O–H groups in total. The molecular weight excluding hydrogens is 863 g/mol. The summed E-state index contributed by atoms with van der Waals surface area (Å²) in [6.07, 6.45) is 20.5. The van der Waals surface area contributed by atoms with Crippen LogP contribution in [0, 0.1) is 74.9 Å². The molecule has 0 bridgehead atoms. The predicted molar refractivity (Wildman–Crippen MR) is 279 cm³/mol. The van der Waals surface area contributed by atoms with Crippen LogP contribution in [0.4, 0.5) is 0 Å². The maximum Gasteiger partial charge on any atom is 0.175 e. The Hall–Kier alpha value is -4.47. The standard InChI is InChI=1S/C38H56N4O2.C7H12O2.C6H5N3.C3H8.C2H6.CH4O/c1-22(2)25-20-40-35(41-21-25)24(5)42(8)34(39)33(44)38-18-15-28-27(32(38)31(23(3)4)29(43)19-38)12-13-30-36(6)16-10-9-11-26(36)14-17-37(28,30)7;1-6(9)4-7(2,3)5-8;1-5-8-3-6(2-7)4-9-5;1-3-2;2*1-2/h20-23,26-28,30,33,39,44H,5,9-19H2,1-4,6-8H3;5H,4H2,1-3H3;3-4H,1H3;3H2,1-2H3;1-2H3;2H,1H3. The van der Waals surface area contributed by atoms with Gasteiger partial charge < -0.3 is 19.9 Å². The molecule has 4 fully saturated rings. The van der Waals surface area contributed by atoms with E-state index in [1.165, 1.54) is 76.3 Å². The van der Waals surface area contributed by atoms with Crippen LogP contribution in [-0.2, 0) is 14.4 Å². The molecule has 4 saturated carbocycles. The number of carbonyl (C=O) groups excluding carboxylic acids is 3. The zero-order valence-corrected chi connectivity index (χ0v) is 45.6. The molecule has 12 nitrogen and oxygen atoms in total. The number of nitriles is 1. The van der Waals surface area contributed by atoms with Crippen LogP contribution in [0.1, 0.15) is 202 Å². The Kier molecular flexibility index (Phi) is 23.4. The molecule has 0 saturated heterocycles. The van der Waals surface area contributed by atoms with Crippen LogP contribution in [0.15, 0.2) is 42.5 Å². The van der Waals surface area contributed by atoms with Crippen LogP contribution in [0.5, 0.6) is 0 Å². The summed E-state index contributed by atoms with van der Waals surface area (Å²) >= 11 is 0. The lowest BCUT2D eigenvalue weighted by Gasteiger charge is -2.66. The van der Waals surface area contributed by atoms with Gasteiger partial charge in [0.2, 0.25) is 0 Å². The summed E-state index contributed by atoms with van der Waals surface area (Å²) in [4.78, 5) is 52.9. The fourth-order valence-corrected chi connectivity index (χ4v) is 12.5. The number of likely N-dealkylation sites (N-methyl/N-ethyl adjacent to an activating group) is 1. The van der Waals surface area contributed by atoms with E-state index in [9.17, 15) is 24.9 Å². The number of allylic oxidation sites excluding steroid dienone is 1. The Balaban J connectivity index is 0.000000537. The summed E-state index contributed by atoms with van der Waals surface area (Å²) in [6, 6.07) is 1.93. The lowest BCUT2D eigenvalue weighted by molar-refractivity contribution is -0.153. The first-order valence-electron chi connectivity index (χ1n) is 25.9. The van der Waals surface area contributed by atoms with E-state index >= 15 is 0 Å². The number of aryl methyl sites for hydroxylation is 1. The van der Waals surface area contributed by atoms with Gasteiger partial charge in [0.15, 0.2) is 11.6 Å². The predicted octanol–water partition coefficient (Wildman–Crippen LogP) is 12.1. The second-order valence-corrected chi connectivity index (χ2v) is 21.7. The lowest BCUT2D eigenvalue weighted by atomic mass is 9.39. The average molecular weight is 954 g/mol. The van der Waals surface area contributed by atoms with Gasteiger partial charge in [-0.2, -0.15) is 5.26 Å². The third-order valence-corrected chi connectivity index (χ3v) is 15.7. The van der Waals surface area contributed by atoms with Crippen LogP contribution in [0.3, 0.4) is 0 Å². The minimum Gasteiger partial charge on any atom is -0.400 e. The monoisotopic (exact) mass is 954 g/mol. The number of ketones is 2. The van der Waals surface area contributed by atoms with Crippen LogP contribution in [-0.4, -0.2) is 79.0 Å². The van der Waals surface area contributed by atoms with Crippen LogP contribution in [0.25, 0.3) is 5.70 Å². The Morgan fingerprint density at radius 2 is 1.52 bits per heavy atom. The number of fused-ring (bicyclic) bond motifs is 7. The normalized spacial score (nSPS) is 26.7. The van der Waals surface area contributed by atoms with Crippen molar-refractivity contribution in [2.75, 3.05) is 14.2 Å². The summed E-state index contributed by atoms with van der Waals surface area (Å²) < 4.78 is 0. The van der Waals surface area contributed by atoms with Gasteiger partial charge in [0, 0.05) is 62.6 Å². The molecule has 12 heteroatoms. The molecule has 0 amide bonds. The van der Waals surface area contributed by atoms with Gasteiger partial charge in [-0.15, -0.1) is 0 Å². The fourth-order valence-electron chi connectivity index (χ4n) is 12.5. The molecule has 2 heterocycles. The van der Waals surface area contributed by atoms with Crippen LogP contribution < -0.4 is 0 Å². The number of Topliss-reactive ketones (excluding diaryl/α,β-unsaturated/α-hetero) is 2. The largest absolute Gasteiger partial charge is 0.400 e. The number of hydrogen-bond acceptors (Lipinski definition) is 11. The average Bonchev–Trinajstić information content (AvgIpc) is 3.65. The number of amidine groups is 1. The topological polar surface area (TPSA) is 194 Å². The molecule has 5 aliphatic carbocycles. The van der Waals surface area contributed by atoms with Crippen molar-refractivity contribution >= 4 is 29.4 Å². The molecule has 384 valence electrons. The van der Waals surface area contributed by atoms with Gasteiger partial charge in [0.25, 0.3) is 0 Å². The van der Waals surface area contributed by atoms with Gasteiger partial charge in [0.05, 0.1) is 11.3 Å². The quantitative estimate of drug-likeness (QED) is 0.123. The number of carbonyl (C=O) groups is 3. The lowest BCUT2D eigenvalue weighted by Crippen LogP contribution is -2.59. The number of hydrogen-bond donors (Lipinski definition) is 3. The minimum absolute atomic E-state index is 0.0621. The number of aldehydes is 1. The first-order chi connectivity index (χ1) is 32.5. The van der Waals surface area contributed by atoms with Crippen LogP contribution >= 0.6 is 0 Å². The summed E-state index contributed by atoms with van der Waals surface area (Å²) in [5, 5.41) is 36.8. The molecule has 2 aromatic heterocycles. The zero-order valence-electron chi connectivity index (χ0n) is 45.6. The fraction of sp³-hybridized carbons (Fsp3) is 0.702. The molecule has 8 atom stereocenters. The second kappa shape index (κ2) is 26.7. The highest BCUT2D eigenvalue weighted by Gasteiger charge is 2.65. The van der Waals surface area contributed by atoms with Crippen molar-refractivity contribution in [2.24, 2.45) is 51.2 Å². The number of aliphatic hydroxyl groups is 2. The van der Waals surface area contributed by atoms with E-state index in [2.05, 4.69) is 81.9 Å². The highest BCUT2D eigenvalue weighted by atomic mass is 16.3. The molecule has 0 spiro atoms. The van der Waals surface area contributed by atoms with E-state index in [0.29, 0.717) is 58.9 Å². The Morgan fingerprint density at radius 1 is 0.942 bits per heavy atom. The third-order valence-electron chi connectivity index (χ3n) is 15.7. The Morgan fingerprint density at radius 3 is 2.01 bits per heavy atom. The van der Waals surface area contributed by atoms with Gasteiger partial charge in [-0.1, -0.05) is 114 Å². The van der Waals surface area contributed by atoms with E-state index in [-0.39, 0.29) is 28.7 Å². The van der Waals surface area contributed by atoms with Crippen molar-refractivity contribution in [3.05, 3.63) is 65.3 Å². The maximum atomic E-state index is 13.9. The number of aliphatic hydroxyl groups excluding tert-OH is 2. The van der Waals surface area contributed by atoms with Gasteiger partial charge in [-0.25, -0.2) is 19.9 Å². The Labute approximate surface area is 417 Å². The van der Waals surface area contributed by atoms with Gasteiger partial charge in [-0.3, -0.25) is 15.0 Å². The molecule has 8 unspecified atom stereocenters. The van der Waals surface area contributed by atoms with E-state index in [0.717, 1.165) is 55.6 Å². The van der Waals surface area contributed by atoms with Gasteiger partial charge >= 0.3 is 0 Å². The number of rotatable bonds is 9. The maximum absolute atomic E-state index is 13.9. The highest BCUT2D eigenvalue weighted by Crippen LogP contribution is 2.71. The smallest absolute Gasteiger partial charge is 0.175 e. The summed E-state index contributed by atoms with van der Waals surface area (Å²) in [6.45, 7) is 33.0. The van der Waals surface area contributed by atoms with E-state index < -0.39 is 16.9 Å². The van der Waals surface area contributed by atoms with Crippen molar-refractivity contribution in [1.29, 1.82) is 10.7 Å². The number of aromatic nitrogens is 4. The van der Waals surface area contributed by atoms with Crippen molar-refractivity contribution < 1.29 is 24.6 Å².